The molecule has 1 aliphatic carbocycles. The number of amides is 2. The summed E-state index contributed by atoms with van der Waals surface area (Å²) in [6, 6.07) is 0. The molecule has 2 heterocycles. The third-order valence-electron chi connectivity index (χ3n) is 4.41. The second-order valence-corrected chi connectivity index (χ2v) is 7.99. The maximum absolute atomic E-state index is 12.4. The van der Waals surface area contributed by atoms with Gasteiger partial charge in [-0.2, -0.15) is 0 Å². The molecule has 0 aromatic rings. The minimum absolute atomic E-state index is 0.00866. The van der Waals surface area contributed by atoms with Crippen molar-refractivity contribution in [1.82, 2.24) is 4.90 Å². The Balaban J connectivity index is 1.73. The minimum atomic E-state index is -0.132. The molecule has 0 unspecified atom stereocenters. The van der Waals surface area contributed by atoms with Crippen LogP contribution in [0.15, 0.2) is 0 Å². The maximum atomic E-state index is 12.4. The molecular weight excluding hydrogens is 378 g/mol. The first kappa shape index (κ1) is 14.0. The summed E-state index contributed by atoms with van der Waals surface area (Å²) in [5.74, 6) is -0.247. The van der Waals surface area contributed by atoms with Crippen molar-refractivity contribution in [2.75, 3.05) is 13.2 Å². The van der Waals surface area contributed by atoms with Crippen LogP contribution in [0, 0.1) is 11.8 Å². The minimum Gasteiger partial charge on any atom is -0.376 e. The van der Waals surface area contributed by atoms with Gasteiger partial charge in [0.25, 0.3) is 0 Å². The van der Waals surface area contributed by atoms with Crippen molar-refractivity contribution in [3.63, 3.8) is 0 Å². The third-order valence-corrected chi connectivity index (χ3v) is 7.15. The Morgan fingerprint density at radius 1 is 1.11 bits per heavy atom. The number of fused-ring (bicyclic) bond motifs is 1. The van der Waals surface area contributed by atoms with E-state index >= 15 is 0 Å². The molecule has 3 fully saturated rings. The van der Waals surface area contributed by atoms with Crippen LogP contribution in [-0.2, 0) is 14.3 Å². The lowest BCUT2D eigenvalue weighted by Gasteiger charge is -2.29. The lowest BCUT2D eigenvalue weighted by Crippen LogP contribution is -2.37. The molecule has 2 amide bonds. The fourth-order valence-electron chi connectivity index (χ4n) is 3.34. The Morgan fingerprint density at radius 2 is 1.68 bits per heavy atom. The Morgan fingerprint density at radius 3 is 2.16 bits per heavy atom. The fourth-order valence-corrected chi connectivity index (χ4v) is 4.57. The van der Waals surface area contributed by atoms with E-state index in [0.717, 1.165) is 32.3 Å². The van der Waals surface area contributed by atoms with Gasteiger partial charge in [0, 0.05) is 16.3 Å². The Kier molecular flexibility index (Phi) is 4.02. The van der Waals surface area contributed by atoms with Gasteiger partial charge in [0.2, 0.25) is 11.8 Å². The molecule has 106 valence electrons. The number of imide groups is 1. The number of hydrogen-bond acceptors (Lipinski definition) is 3. The Hall–Kier alpha value is 0.0600. The smallest absolute Gasteiger partial charge is 0.233 e. The van der Waals surface area contributed by atoms with Gasteiger partial charge in [-0.05, 0) is 25.7 Å². The normalized spacial score (nSPS) is 42.8. The quantitative estimate of drug-likeness (QED) is 0.532. The summed E-state index contributed by atoms with van der Waals surface area (Å²) >= 11 is 7.18. The molecule has 19 heavy (non-hydrogen) atoms. The standard InChI is InChI=1S/C13H17Br2NO3/c14-10-4-8-9(5-11(10)15)13(18)16(12(8)17)6-7-2-1-3-19-7/h7-11H,1-6H2/t7-,8-,9+,10+,11-/m1/s1. The summed E-state index contributed by atoms with van der Waals surface area (Å²) in [4.78, 5) is 26.8. The van der Waals surface area contributed by atoms with Gasteiger partial charge in [-0.15, -0.1) is 0 Å². The molecule has 0 aromatic heterocycles. The summed E-state index contributed by atoms with van der Waals surface area (Å²) in [6.45, 7) is 1.20. The third kappa shape index (κ3) is 2.51. The van der Waals surface area contributed by atoms with Gasteiger partial charge in [-0.1, -0.05) is 31.9 Å². The molecule has 2 aliphatic heterocycles. The van der Waals surface area contributed by atoms with Crippen molar-refractivity contribution in [3.8, 4) is 0 Å². The largest absolute Gasteiger partial charge is 0.376 e. The zero-order chi connectivity index (χ0) is 13.6. The predicted octanol–water partition coefficient (Wildman–Crippen LogP) is 2.09. The number of alkyl halides is 2. The molecule has 0 spiro atoms. The van der Waals surface area contributed by atoms with Gasteiger partial charge in [0.1, 0.15) is 0 Å². The Labute approximate surface area is 129 Å². The van der Waals surface area contributed by atoms with Gasteiger partial charge >= 0.3 is 0 Å². The molecule has 1 saturated carbocycles. The zero-order valence-corrected chi connectivity index (χ0v) is 13.7. The molecule has 6 heteroatoms. The average Bonchev–Trinajstić information content (AvgIpc) is 2.96. The van der Waals surface area contributed by atoms with E-state index in [-0.39, 0.29) is 39.4 Å². The monoisotopic (exact) mass is 393 g/mol. The Bertz CT molecular complexity index is 369. The number of carbonyl (C=O) groups excluding carboxylic acids is 2. The van der Waals surface area contributed by atoms with Gasteiger partial charge < -0.3 is 4.74 Å². The lowest BCUT2D eigenvalue weighted by atomic mass is 9.81. The van der Waals surface area contributed by atoms with Crippen LogP contribution in [0.25, 0.3) is 0 Å². The molecule has 3 rings (SSSR count). The van der Waals surface area contributed by atoms with Crippen LogP contribution in [0.4, 0.5) is 0 Å². The first-order valence-corrected chi connectivity index (χ1v) is 8.66. The van der Waals surface area contributed by atoms with Crippen molar-refractivity contribution in [2.45, 2.75) is 41.4 Å². The molecule has 0 radical (unpaired) electrons. The number of rotatable bonds is 2. The van der Waals surface area contributed by atoms with Crippen molar-refractivity contribution < 1.29 is 14.3 Å². The summed E-state index contributed by atoms with van der Waals surface area (Å²) < 4.78 is 5.54. The highest BCUT2D eigenvalue weighted by Crippen LogP contribution is 2.43. The van der Waals surface area contributed by atoms with Crippen LogP contribution in [0.1, 0.15) is 25.7 Å². The van der Waals surface area contributed by atoms with E-state index in [0.29, 0.717) is 6.54 Å². The highest BCUT2D eigenvalue weighted by atomic mass is 79.9. The van der Waals surface area contributed by atoms with Gasteiger partial charge in [-0.3, -0.25) is 14.5 Å². The van der Waals surface area contributed by atoms with E-state index in [2.05, 4.69) is 31.9 Å². The van der Waals surface area contributed by atoms with Gasteiger partial charge in [-0.25, -0.2) is 0 Å². The van der Waals surface area contributed by atoms with Crippen molar-refractivity contribution in [3.05, 3.63) is 0 Å². The summed E-state index contributed by atoms with van der Waals surface area (Å²) in [7, 11) is 0. The highest BCUT2D eigenvalue weighted by molar-refractivity contribution is 9.12. The van der Waals surface area contributed by atoms with E-state index in [1.54, 1.807) is 0 Å². The second kappa shape index (κ2) is 5.45. The molecular formula is C13H17Br2NO3. The van der Waals surface area contributed by atoms with Crippen LogP contribution in [0.5, 0.6) is 0 Å². The molecule has 0 bridgehead atoms. The van der Waals surface area contributed by atoms with Crippen LogP contribution in [0.3, 0.4) is 0 Å². The van der Waals surface area contributed by atoms with Crippen LogP contribution < -0.4 is 0 Å². The van der Waals surface area contributed by atoms with E-state index in [1.165, 1.54) is 4.90 Å². The number of ether oxygens (including phenoxy) is 1. The van der Waals surface area contributed by atoms with Crippen molar-refractivity contribution in [2.24, 2.45) is 11.8 Å². The molecule has 5 atom stereocenters. The number of likely N-dealkylation sites (tertiary alicyclic amines) is 1. The van der Waals surface area contributed by atoms with E-state index in [4.69, 9.17) is 4.74 Å². The first-order chi connectivity index (χ1) is 9.08. The molecule has 2 saturated heterocycles. The lowest BCUT2D eigenvalue weighted by molar-refractivity contribution is -0.141. The van der Waals surface area contributed by atoms with Gasteiger partial charge in [0.15, 0.2) is 0 Å². The van der Waals surface area contributed by atoms with Crippen LogP contribution in [-0.4, -0.2) is 45.6 Å². The number of halogens is 2. The predicted molar refractivity (Wildman–Crippen MR) is 77.3 cm³/mol. The number of carbonyl (C=O) groups is 2. The fraction of sp³-hybridized carbons (Fsp3) is 0.846. The van der Waals surface area contributed by atoms with E-state index < -0.39 is 0 Å². The van der Waals surface area contributed by atoms with Crippen LogP contribution >= 0.6 is 31.9 Å². The zero-order valence-electron chi connectivity index (χ0n) is 10.6. The average molecular weight is 395 g/mol. The highest BCUT2D eigenvalue weighted by Gasteiger charge is 2.52. The summed E-state index contributed by atoms with van der Waals surface area (Å²) in [5.41, 5.74) is 0. The molecule has 0 N–H and O–H groups in total. The van der Waals surface area contributed by atoms with E-state index in [1.807, 2.05) is 0 Å². The molecule has 4 nitrogen and oxygen atoms in total. The van der Waals surface area contributed by atoms with Gasteiger partial charge in [0.05, 0.1) is 24.5 Å². The molecule has 0 aromatic carbocycles. The van der Waals surface area contributed by atoms with E-state index in [9.17, 15) is 9.59 Å². The second-order valence-electron chi connectivity index (χ2n) is 5.64. The maximum Gasteiger partial charge on any atom is 0.233 e. The first-order valence-electron chi connectivity index (χ1n) is 6.83. The SMILES string of the molecule is O=C1[C@H]2C[C@@H](Br)[C@@H](Br)C[C@H]2C(=O)N1C[C@H]1CCCO1. The van der Waals surface area contributed by atoms with Crippen molar-refractivity contribution >= 4 is 43.7 Å². The summed E-state index contributed by atoms with van der Waals surface area (Å²) in [6.07, 6.45) is 3.52. The topological polar surface area (TPSA) is 46.6 Å². The summed E-state index contributed by atoms with van der Waals surface area (Å²) in [5, 5.41) is 0. The molecule has 3 aliphatic rings. The number of hydrogen-bond donors (Lipinski definition) is 0. The van der Waals surface area contributed by atoms with Crippen molar-refractivity contribution in [1.29, 1.82) is 0 Å². The van der Waals surface area contributed by atoms with Crippen LogP contribution in [0.2, 0.25) is 0 Å². The number of nitrogens with zero attached hydrogens (tertiary/aromatic N) is 1.